The number of amides is 1. The molecule has 1 aliphatic heterocycles. The Hall–Kier alpha value is -2.22. The highest BCUT2D eigenvalue weighted by Crippen LogP contribution is 2.22. The van der Waals surface area contributed by atoms with Crippen molar-refractivity contribution >= 4 is 21.6 Å². The zero-order valence-corrected chi connectivity index (χ0v) is 16.3. The molecule has 3 rings (SSSR count). The molecule has 0 saturated carbocycles. The van der Waals surface area contributed by atoms with Crippen LogP contribution in [0.25, 0.3) is 0 Å². The average molecular weight is 388 g/mol. The molecule has 144 valence electrons. The summed E-state index contributed by atoms with van der Waals surface area (Å²) in [6.45, 7) is 4.35. The highest BCUT2D eigenvalue weighted by atomic mass is 32.2. The fourth-order valence-corrected chi connectivity index (χ4v) is 4.34. The second kappa shape index (κ2) is 8.21. The summed E-state index contributed by atoms with van der Waals surface area (Å²) in [7, 11) is -3.48. The lowest BCUT2D eigenvalue weighted by atomic mass is 10.1. The van der Waals surface area contributed by atoms with Crippen molar-refractivity contribution in [3.63, 3.8) is 0 Å². The minimum absolute atomic E-state index is 0.0575. The molecule has 1 fully saturated rings. The summed E-state index contributed by atoms with van der Waals surface area (Å²) in [5.74, 6) is -0.205. The molecule has 1 unspecified atom stereocenters. The van der Waals surface area contributed by atoms with Gasteiger partial charge in [0.15, 0.2) is 0 Å². The van der Waals surface area contributed by atoms with Crippen molar-refractivity contribution in [2.45, 2.75) is 25.7 Å². The van der Waals surface area contributed by atoms with Gasteiger partial charge in [-0.05, 0) is 42.7 Å². The number of morpholine rings is 1. The smallest absolute Gasteiger partial charge is 0.253 e. The Balaban J connectivity index is 1.63. The first kappa shape index (κ1) is 19.5. The zero-order valence-electron chi connectivity index (χ0n) is 15.5. The molecule has 1 saturated heterocycles. The fourth-order valence-electron chi connectivity index (χ4n) is 3.17. The van der Waals surface area contributed by atoms with E-state index >= 15 is 0 Å². The summed E-state index contributed by atoms with van der Waals surface area (Å²) in [5, 5.41) is 0. The van der Waals surface area contributed by atoms with E-state index in [-0.39, 0.29) is 24.8 Å². The topological polar surface area (TPSA) is 75.7 Å². The number of rotatable bonds is 6. The lowest BCUT2D eigenvalue weighted by Crippen LogP contribution is -2.50. The maximum Gasteiger partial charge on any atom is 0.253 e. The number of anilines is 1. The van der Waals surface area contributed by atoms with Gasteiger partial charge in [0.1, 0.15) is 6.61 Å². The van der Waals surface area contributed by atoms with Gasteiger partial charge in [0, 0.05) is 12.2 Å². The molecule has 0 spiro atoms. The Morgan fingerprint density at radius 2 is 1.78 bits per heavy atom. The Bertz CT molecular complexity index is 893. The molecule has 0 aromatic heterocycles. The van der Waals surface area contributed by atoms with Crippen molar-refractivity contribution < 1.29 is 17.9 Å². The summed E-state index contributed by atoms with van der Waals surface area (Å²) < 4.78 is 32.7. The van der Waals surface area contributed by atoms with Crippen LogP contribution in [0, 0.1) is 13.8 Å². The van der Waals surface area contributed by atoms with Crippen molar-refractivity contribution in [1.29, 1.82) is 0 Å². The number of nitrogens with one attached hydrogen (secondary N) is 1. The van der Waals surface area contributed by atoms with Crippen molar-refractivity contribution in [3.05, 3.63) is 65.2 Å². The van der Waals surface area contributed by atoms with Gasteiger partial charge in [0.2, 0.25) is 10.0 Å². The molecule has 7 heteroatoms. The minimum atomic E-state index is -3.48. The van der Waals surface area contributed by atoms with Crippen LogP contribution in [-0.4, -0.2) is 40.1 Å². The molecule has 1 atom stereocenters. The van der Waals surface area contributed by atoms with Crippen molar-refractivity contribution in [1.82, 2.24) is 4.72 Å². The number of carbonyl (C=O) groups is 1. The number of ether oxygens (including phenoxy) is 1. The summed E-state index contributed by atoms with van der Waals surface area (Å²) in [6.07, 6.45) is -0.394. The predicted molar refractivity (Wildman–Crippen MR) is 105 cm³/mol. The molecule has 1 heterocycles. The number of hydrogen-bond acceptors (Lipinski definition) is 4. The summed E-state index contributed by atoms with van der Waals surface area (Å²) in [6, 6.07) is 15.0. The largest absolute Gasteiger partial charge is 0.365 e. The quantitative estimate of drug-likeness (QED) is 0.823. The maximum atomic E-state index is 12.3. The highest BCUT2D eigenvalue weighted by molar-refractivity contribution is 7.88. The molecule has 27 heavy (non-hydrogen) atoms. The van der Waals surface area contributed by atoms with E-state index in [1.165, 1.54) is 0 Å². The standard InChI is InChI=1S/C20H24N2O4S/c1-15-8-16(2)10-18(9-15)22-12-19(26-13-20(22)23)11-21-27(24,25)14-17-6-4-3-5-7-17/h3-10,19,21H,11-14H2,1-2H3. The highest BCUT2D eigenvalue weighted by Gasteiger charge is 2.28. The third-order valence-corrected chi connectivity index (χ3v) is 5.70. The van der Waals surface area contributed by atoms with Gasteiger partial charge in [0.25, 0.3) is 5.91 Å². The van der Waals surface area contributed by atoms with Crippen molar-refractivity contribution in [2.24, 2.45) is 0 Å². The van der Waals surface area contributed by atoms with E-state index in [1.54, 1.807) is 17.0 Å². The van der Waals surface area contributed by atoms with Crippen molar-refractivity contribution in [3.8, 4) is 0 Å². The minimum Gasteiger partial charge on any atom is -0.365 e. The van der Waals surface area contributed by atoms with Gasteiger partial charge in [0.05, 0.1) is 18.4 Å². The van der Waals surface area contributed by atoms with Gasteiger partial charge in [-0.2, -0.15) is 0 Å². The van der Waals surface area contributed by atoms with Gasteiger partial charge in [-0.1, -0.05) is 36.4 Å². The van der Waals surface area contributed by atoms with Crippen LogP contribution >= 0.6 is 0 Å². The molecular formula is C20H24N2O4S. The van der Waals surface area contributed by atoms with E-state index < -0.39 is 16.1 Å². The van der Waals surface area contributed by atoms with E-state index in [0.717, 1.165) is 22.4 Å². The number of aryl methyl sites for hydroxylation is 2. The summed E-state index contributed by atoms with van der Waals surface area (Å²) in [5.41, 5.74) is 3.69. The monoisotopic (exact) mass is 388 g/mol. The average Bonchev–Trinajstić information content (AvgIpc) is 2.60. The van der Waals surface area contributed by atoms with Crippen LogP contribution < -0.4 is 9.62 Å². The van der Waals surface area contributed by atoms with Crippen LogP contribution in [0.2, 0.25) is 0 Å². The van der Waals surface area contributed by atoms with Crippen LogP contribution in [0.1, 0.15) is 16.7 Å². The lowest BCUT2D eigenvalue weighted by molar-refractivity contribution is -0.129. The van der Waals surface area contributed by atoms with Crippen LogP contribution in [0.4, 0.5) is 5.69 Å². The molecule has 0 bridgehead atoms. The van der Waals surface area contributed by atoms with E-state index in [1.807, 2.05) is 50.2 Å². The number of benzene rings is 2. The Kier molecular flexibility index (Phi) is 5.94. The van der Waals surface area contributed by atoms with E-state index in [9.17, 15) is 13.2 Å². The van der Waals surface area contributed by atoms with Crippen LogP contribution in [0.5, 0.6) is 0 Å². The second-order valence-electron chi connectivity index (χ2n) is 6.88. The lowest BCUT2D eigenvalue weighted by Gasteiger charge is -2.33. The van der Waals surface area contributed by atoms with Gasteiger partial charge >= 0.3 is 0 Å². The molecule has 0 radical (unpaired) electrons. The third-order valence-electron chi connectivity index (χ3n) is 4.38. The molecular weight excluding hydrogens is 364 g/mol. The molecule has 2 aromatic rings. The molecule has 6 nitrogen and oxygen atoms in total. The van der Waals surface area contributed by atoms with Crippen molar-refractivity contribution in [2.75, 3.05) is 24.6 Å². The first-order valence-electron chi connectivity index (χ1n) is 8.84. The van der Waals surface area contributed by atoms with E-state index in [4.69, 9.17) is 4.74 Å². The van der Waals surface area contributed by atoms with Gasteiger partial charge in [-0.15, -0.1) is 0 Å². The molecule has 1 N–H and O–H groups in total. The van der Waals surface area contributed by atoms with E-state index in [0.29, 0.717) is 6.54 Å². The molecule has 0 aliphatic carbocycles. The number of nitrogens with zero attached hydrogens (tertiary/aromatic N) is 1. The Morgan fingerprint density at radius 1 is 1.11 bits per heavy atom. The number of sulfonamides is 1. The SMILES string of the molecule is Cc1cc(C)cc(N2CC(CNS(=O)(=O)Cc3ccccc3)OCC2=O)c1. The zero-order chi connectivity index (χ0) is 19.4. The van der Waals surface area contributed by atoms with Gasteiger partial charge in [-0.25, -0.2) is 13.1 Å². The molecule has 1 aliphatic rings. The molecule has 2 aromatic carbocycles. The normalized spacial score (nSPS) is 17.9. The number of hydrogen-bond donors (Lipinski definition) is 1. The second-order valence-corrected chi connectivity index (χ2v) is 8.68. The van der Waals surface area contributed by atoms with Crippen LogP contribution in [0.3, 0.4) is 0 Å². The van der Waals surface area contributed by atoms with Crippen LogP contribution in [0.15, 0.2) is 48.5 Å². The fraction of sp³-hybridized carbons (Fsp3) is 0.350. The number of carbonyl (C=O) groups excluding carboxylic acids is 1. The maximum absolute atomic E-state index is 12.3. The molecule has 1 amide bonds. The van der Waals surface area contributed by atoms with E-state index in [2.05, 4.69) is 4.72 Å². The van der Waals surface area contributed by atoms with Crippen LogP contribution in [-0.2, 0) is 25.3 Å². The summed E-state index contributed by atoms with van der Waals surface area (Å²) in [4.78, 5) is 13.9. The first-order valence-corrected chi connectivity index (χ1v) is 10.5. The van der Waals surface area contributed by atoms with Gasteiger partial charge < -0.3 is 9.64 Å². The summed E-state index contributed by atoms with van der Waals surface area (Å²) >= 11 is 0. The van der Waals surface area contributed by atoms with Gasteiger partial charge in [-0.3, -0.25) is 4.79 Å². The first-order chi connectivity index (χ1) is 12.8. The predicted octanol–water partition coefficient (Wildman–Crippen LogP) is 2.15. The Labute approximate surface area is 160 Å². The Morgan fingerprint density at radius 3 is 2.44 bits per heavy atom. The third kappa shape index (κ3) is 5.38.